The lowest BCUT2D eigenvalue weighted by Gasteiger charge is -2.33. The molecule has 4 nitrogen and oxygen atoms in total. The summed E-state index contributed by atoms with van der Waals surface area (Å²) in [6, 6.07) is 5.88. The zero-order valence-electron chi connectivity index (χ0n) is 9.59. The summed E-state index contributed by atoms with van der Waals surface area (Å²) in [5.41, 5.74) is 1.03. The van der Waals surface area contributed by atoms with Crippen LogP contribution in [0.5, 0.6) is 0 Å². The number of amides is 1. The second-order valence-electron chi connectivity index (χ2n) is 4.01. The molecular weight excluding hydrogens is 202 g/mol. The van der Waals surface area contributed by atoms with Crippen molar-refractivity contribution >= 4 is 5.91 Å². The molecule has 0 N–H and O–H groups in total. The average molecular weight is 219 g/mol. The number of nitrogens with zero attached hydrogens (tertiary/aromatic N) is 3. The lowest BCUT2D eigenvalue weighted by Crippen LogP contribution is -2.49. The second-order valence-corrected chi connectivity index (χ2v) is 4.01. The van der Waals surface area contributed by atoms with Gasteiger partial charge in [-0.3, -0.25) is 14.7 Å². The van der Waals surface area contributed by atoms with E-state index in [1.54, 1.807) is 6.20 Å². The van der Waals surface area contributed by atoms with Gasteiger partial charge in [-0.2, -0.15) is 0 Å². The van der Waals surface area contributed by atoms with Gasteiger partial charge in [0.15, 0.2) is 0 Å². The van der Waals surface area contributed by atoms with Crippen molar-refractivity contribution in [1.82, 2.24) is 14.8 Å². The Hall–Kier alpha value is -1.42. The monoisotopic (exact) mass is 219 g/mol. The van der Waals surface area contributed by atoms with Gasteiger partial charge >= 0.3 is 0 Å². The number of aromatic nitrogens is 1. The first-order valence-corrected chi connectivity index (χ1v) is 5.69. The van der Waals surface area contributed by atoms with Gasteiger partial charge in [-0.1, -0.05) is 6.07 Å². The molecule has 16 heavy (non-hydrogen) atoms. The zero-order valence-corrected chi connectivity index (χ0v) is 9.59. The summed E-state index contributed by atoms with van der Waals surface area (Å²) >= 11 is 0. The molecule has 1 aromatic heterocycles. The number of hydrogen-bond acceptors (Lipinski definition) is 3. The van der Waals surface area contributed by atoms with Gasteiger partial charge in [0.1, 0.15) is 0 Å². The third-order valence-electron chi connectivity index (χ3n) is 2.89. The Bertz CT molecular complexity index is 353. The average Bonchev–Trinajstić information content (AvgIpc) is 2.31. The molecule has 2 heterocycles. The lowest BCUT2D eigenvalue weighted by molar-refractivity contribution is -0.135. The molecule has 1 aliphatic rings. The van der Waals surface area contributed by atoms with Gasteiger partial charge in [0, 0.05) is 32.4 Å². The van der Waals surface area contributed by atoms with Crippen molar-refractivity contribution in [2.75, 3.05) is 26.2 Å². The van der Waals surface area contributed by atoms with E-state index in [9.17, 15) is 4.79 Å². The summed E-state index contributed by atoms with van der Waals surface area (Å²) < 4.78 is 0. The summed E-state index contributed by atoms with van der Waals surface area (Å²) in [6.45, 7) is 5.90. The maximum Gasteiger partial charge on any atom is 0.236 e. The van der Waals surface area contributed by atoms with Gasteiger partial charge in [0.25, 0.3) is 0 Å². The number of pyridine rings is 1. The molecule has 0 bridgehead atoms. The predicted octanol–water partition coefficient (Wildman–Crippen LogP) is 0.746. The number of likely N-dealkylation sites (N-methyl/N-ethyl adjacent to an activating group) is 1. The van der Waals surface area contributed by atoms with E-state index < -0.39 is 0 Å². The van der Waals surface area contributed by atoms with Crippen molar-refractivity contribution < 1.29 is 4.79 Å². The molecule has 0 aliphatic carbocycles. The normalized spacial score (nSPS) is 17.8. The molecule has 0 saturated carbocycles. The van der Waals surface area contributed by atoms with Crippen LogP contribution in [0.15, 0.2) is 24.4 Å². The fourth-order valence-corrected chi connectivity index (χ4v) is 1.95. The molecule has 2 rings (SSSR count). The Balaban J connectivity index is 1.91. The minimum Gasteiger partial charge on any atom is -0.341 e. The summed E-state index contributed by atoms with van der Waals surface area (Å²) in [5.74, 6) is 0.227. The van der Waals surface area contributed by atoms with Gasteiger partial charge in [0.2, 0.25) is 5.91 Å². The molecule has 0 spiro atoms. The smallest absolute Gasteiger partial charge is 0.236 e. The van der Waals surface area contributed by atoms with E-state index in [2.05, 4.69) is 9.88 Å². The summed E-state index contributed by atoms with van der Waals surface area (Å²) in [5, 5.41) is 0. The van der Waals surface area contributed by atoms with Crippen molar-refractivity contribution in [3.05, 3.63) is 30.1 Å². The number of rotatable bonds is 3. The molecule has 86 valence electrons. The maximum absolute atomic E-state index is 11.7. The van der Waals surface area contributed by atoms with Crippen LogP contribution in [0.3, 0.4) is 0 Å². The van der Waals surface area contributed by atoms with Crippen molar-refractivity contribution in [1.29, 1.82) is 0 Å². The van der Waals surface area contributed by atoms with Crippen molar-refractivity contribution in [3.63, 3.8) is 0 Å². The second kappa shape index (κ2) is 5.07. The third kappa shape index (κ3) is 2.58. The van der Waals surface area contributed by atoms with Crippen molar-refractivity contribution in [3.8, 4) is 0 Å². The van der Waals surface area contributed by atoms with Crippen LogP contribution >= 0.6 is 0 Å². The molecule has 1 aliphatic heterocycles. The third-order valence-corrected chi connectivity index (χ3v) is 2.89. The van der Waals surface area contributed by atoms with Gasteiger partial charge in [0.05, 0.1) is 12.2 Å². The molecule has 1 saturated heterocycles. The highest BCUT2D eigenvalue weighted by molar-refractivity contribution is 5.78. The summed E-state index contributed by atoms with van der Waals surface area (Å²) in [4.78, 5) is 20.0. The van der Waals surface area contributed by atoms with E-state index in [4.69, 9.17) is 0 Å². The Morgan fingerprint density at radius 2 is 2.25 bits per heavy atom. The molecule has 0 atom stereocenters. The Kier molecular flexibility index (Phi) is 3.51. The molecule has 1 fully saturated rings. The molecular formula is C12H17N3O. The SMILES string of the molecule is CCN1CCN(Cc2ccccn2)CC1=O. The highest BCUT2D eigenvalue weighted by atomic mass is 16.2. The van der Waals surface area contributed by atoms with Crippen LogP contribution in [0.2, 0.25) is 0 Å². The predicted molar refractivity (Wildman–Crippen MR) is 61.8 cm³/mol. The number of carbonyl (C=O) groups is 1. The first-order valence-electron chi connectivity index (χ1n) is 5.69. The van der Waals surface area contributed by atoms with Gasteiger partial charge in [-0.15, -0.1) is 0 Å². The minimum atomic E-state index is 0.227. The number of hydrogen-bond donors (Lipinski definition) is 0. The first-order chi connectivity index (χ1) is 7.79. The van der Waals surface area contributed by atoms with Gasteiger partial charge in [-0.25, -0.2) is 0 Å². The van der Waals surface area contributed by atoms with Crippen molar-refractivity contribution in [2.24, 2.45) is 0 Å². The van der Waals surface area contributed by atoms with E-state index in [1.165, 1.54) is 0 Å². The molecule has 0 radical (unpaired) electrons. The van der Waals surface area contributed by atoms with Crippen LogP contribution in [0, 0.1) is 0 Å². The largest absolute Gasteiger partial charge is 0.341 e. The zero-order chi connectivity index (χ0) is 11.4. The van der Waals surface area contributed by atoms with Crippen LogP contribution in [0.25, 0.3) is 0 Å². The van der Waals surface area contributed by atoms with Crippen LogP contribution in [-0.2, 0) is 11.3 Å². The van der Waals surface area contributed by atoms with Crippen LogP contribution in [-0.4, -0.2) is 46.9 Å². The minimum absolute atomic E-state index is 0.227. The van der Waals surface area contributed by atoms with Crippen molar-refractivity contribution in [2.45, 2.75) is 13.5 Å². The van der Waals surface area contributed by atoms with E-state index in [1.807, 2.05) is 30.0 Å². The highest BCUT2D eigenvalue weighted by Gasteiger charge is 2.22. The fraction of sp³-hybridized carbons (Fsp3) is 0.500. The van der Waals surface area contributed by atoms with E-state index in [0.717, 1.165) is 31.9 Å². The maximum atomic E-state index is 11.7. The molecule has 4 heteroatoms. The Morgan fingerprint density at radius 1 is 1.38 bits per heavy atom. The topological polar surface area (TPSA) is 36.4 Å². The van der Waals surface area contributed by atoms with Crippen LogP contribution in [0.1, 0.15) is 12.6 Å². The van der Waals surface area contributed by atoms with Gasteiger partial charge in [-0.05, 0) is 19.1 Å². The van der Waals surface area contributed by atoms with E-state index in [-0.39, 0.29) is 5.91 Å². The quantitative estimate of drug-likeness (QED) is 0.752. The Morgan fingerprint density at radius 3 is 2.88 bits per heavy atom. The van der Waals surface area contributed by atoms with E-state index in [0.29, 0.717) is 6.54 Å². The van der Waals surface area contributed by atoms with E-state index >= 15 is 0 Å². The first kappa shape index (κ1) is 11.1. The van der Waals surface area contributed by atoms with Gasteiger partial charge < -0.3 is 4.90 Å². The Labute approximate surface area is 95.9 Å². The molecule has 0 unspecified atom stereocenters. The summed E-state index contributed by atoms with van der Waals surface area (Å²) in [6.07, 6.45) is 1.79. The lowest BCUT2D eigenvalue weighted by atomic mass is 10.2. The fourth-order valence-electron chi connectivity index (χ4n) is 1.95. The highest BCUT2D eigenvalue weighted by Crippen LogP contribution is 2.07. The molecule has 0 aromatic carbocycles. The number of carbonyl (C=O) groups excluding carboxylic acids is 1. The van der Waals surface area contributed by atoms with Crippen LogP contribution in [0.4, 0.5) is 0 Å². The number of piperazine rings is 1. The molecule has 1 aromatic rings. The standard InChI is InChI=1S/C12H17N3O/c1-2-15-8-7-14(10-12(15)16)9-11-5-3-4-6-13-11/h3-6H,2,7-10H2,1H3. The molecule has 1 amide bonds. The van der Waals surface area contributed by atoms with Crippen LogP contribution < -0.4 is 0 Å². The summed E-state index contributed by atoms with van der Waals surface area (Å²) in [7, 11) is 0.